The second-order valence-electron chi connectivity index (χ2n) is 5.43. The van der Waals surface area contributed by atoms with Gasteiger partial charge in [-0.05, 0) is 12.5 Å². The number of β-lactam (4-membered cyclic amide) rings is 1. The standard InChI is InChI=1S/C15H15N3O5S/c1-8(19)23-6-3-9-10-7-11(24-15-16-4-2-5-17-15)12(14(21)22)18(10)13(9)20/h2,4-5,9-10H,3,6-7H2,1H3,(H,21,22). The van der Waals surface area contributed by atoms with Crippen molar-refractivity contribution >= 4 is 29.6 Å². The van der Waals surface area contributed by atoms with Crippen LogP contribution in [0.1, 0.15) is 19.8 Å². The zero-order valence-electron chi connectivity index (χ0n) is 12.8. The van der Waals surface area contributed by atoms with Crippen molar-refractivity contribution in [3.05, 3.63) is 29.1 Å². The molecule has 3 heterocycles. The van der Waals surface area contributed by atoms with Crippen molar-refractivity contribution in [2.75, 3.05) is 6.61 Å². The van der Waals surface area contributed by atoms with E-state index in [1.807, 2.05) is 0 Å². The van der Waals surface area contributed by atoms with Gasteiger partial charge in [-0.25, -0.2) is 14.8 Å². The number of aromatic nitrogens is 2. The highest BCUT2D eigenvalue weighted by atomic mass is 32.2. The van der Waals surface area contributed by atoms with E-state index in [4.69, 9.17) is 4.74 Å². The molecule has 1 saturated heterocycles. The van der Waals surface area contributed by atoms with E-state index in [1.54, 1.807) is 18.5 Å². The Bertz CT molecular complexity index is 721. The Hall–Kier alpha value is -2.42. The van der Waals surface area contributed by atoms with E-state index in [0.717, 1.165) is 0 Å². The van der Waals surface area contributed by atoms with Gasteiger partial charge in [-0.2, -0.15) is 0 Å². The van der Waals surface area contributed by atoms with Crippen molar-refractivity contribution in [1.29, 1.82) is 0 Å². The number of thioether (sulfide) groups is 1. The Kier molecular flexibility index (Phi) is 4.52. The Morgan fingerprint density at radius 2 is 2.12 bits per heavy atom. The number of rotatable bonds is 6. The van der Waals surface area contributed by atoms with Crippen LogP contribution in [0.5, 0.6) is 0 Å². The molecule has 0 radical (unpaired) electrons. The number of carbonyl (C=O) groups excluding carboxylic acids is 2. The van der Waals surface area contributed by atoms with Crippen LogP contribution >= 0.6 is 11.8 Å². The number of carboxylic acid groups (broad SMARTS) is 1. The summed E-state index contributed by atoms with van der Waals surface area (Å²) >= 11 is 1.17. The highest BCUT2D eigenvalue weighted by Gasteiger charge is 2.54. The molecule has 24 heavy (non-hydrogen) atoms. The number of nitrogens with zero attached hydrogens (tertiary/aromatic N) is 3. The van der Waals surface area contributed by atoms with Crippen molar-refractivity contribution < 1.29 is 24.2 Å². The van der Waals surface area contributed by atoms with Crippen molar-refractivity contribution in [3.8, 4) is 0 Å². The molecule has 0 aromatic carbocycles. The average molecular weight is 349 g/mol. The molecule has 1 amide bonds. The fraction of sp³-hybridized carbons (Fsp3) is 0.400. The van der Waals surface area contributed by atoms with Crippen LogP contribution in [0.15, 0.2) is 34.2 Å². The summed E-state index contributed by atoms with van der Waals surface area (Å²) in [5.74, 6) is -2.10. The Morgan fingerprint density at radius 1 is 1.42 bits per heavy atom. The van der Waals surface area contributed by atoms with Gasteiger partial charge in [0.2, 0.25) is 5.91 Å². The molecular formula is C15H15N3O5S. The maximum Gasteiger partial charge on any atom is 0.353 e. The topological polar surface area (TPSA) is 110 Å². The van der Waals surface area contributed by atoms with Gasteiger partial charge in [-0.3, -0.25) is 9.59 Å². The monoisotopic (exact) mass is 349 g/mol. The highest BCUT2D eigenvalue weighted by Crippen LogP contribution is 2.48. The first kappa shape index (κ1) is 16.4. The number of ether oxygens (including phenoxy) is 1. The third-order valence-corrected chi connectivity index (χ3v) is 4.94. The maximum absolute atomic E-state index is 12.3. The second kappa shape index (κ2) is 6.60. The number of amides is 1. The molecule has 1 fully saturated rings. The van der Waals surface area contributed by atoms with Crippen LogP contribution < -0.4 is 0 Å². The van der Waals surface area contributed by atoms with Gasteiger partial charge in [-0.15, -0.1) is 0 Å². The molecule has 1 aromatic rings. The number of fused-ring (bicyclic) bond motifs is 1. The fourth-order valence-electron chi connectivity index (χ4n) is 2.94. The molecule has 2 atom stereocenters. The fourth-order valence-corrected chi connectivity index (χ4v) is 3.93. The minimum Gasteiger partial charge on any atom is -0.477 e. The largest absolute Gasteiger partial charge is 0.477 e. The second-order valence-corrected chi connectivity index (χ2v) is 6.49. The van der Waals surface area contributed by atoms with Crippen LogP contribution in [0.3, 0.4) is 0 Å². The van der Waals surface area contributed by atoms with E-state index in [-0.39, 0.29) is 30.2 Å². The molecule has 1 N–H and O–H groups in total. The lowest BCUT2D eigenvalue weighted by Crippen LogP contribution is -2.58. The molecule has 2 unspecified atom stereocenters. The molecule has 0 spiro atoms. The minimum atomic E-state index is -1.14. The predicted molar refractivity (Wildman–Crippen MR) is 82.5 cm³/mol. The molecular weight excluding hydrogens is 334 g/mol. The third-order valence-electron chi connectivity index (χ3n) is 3.94. The van der Waals surface area contributed by atoms with Crippen LogP contribution in [-0.2, 0) is 19.1 Å². The van der Waals surface area contributed by atoms with E-state index in [0.29, 0.717) is 22.9 Å². The number of esters is 1. The smallest absolute Gasteiger partial charge is 0.353 e. The van der Waals surface area contributed by atoms with Crippen LogP contribution in [0.4, 0.5) is 0 Å². The first-order valence-electron chi connectivity index (χ1n) is 7.36. The van der Waals surface area contributed by atoms with Gasteiger partial charge < -0.3 is 14.7 Å². The van der Waals surface area contributed by atoms with E-state index in [1.165, 1.54) is 23.6 Å². The van der Waals surface area contributed by atoms with Crippen molar-refractivity contribution in [3.63, 3.8) is 0 Å². The predicted octanol–water partition coefficient (Wildman–Crippen LogP) is 1.05. The summed E-state index contributed by atoms with van der Waals surface area (Å²) in [6.07, 6.45) is 3.99. The number of hydrogen-bond donors (Lipinski definition) is 1. The molecule has 0 aliphatic carbocycles. The van der Waals surface area contributed by atoms with Gasteiger partial charge >= 0.3 is 11.9 Å². The summed E-state index contributed by atoms with van der Waals surface area (Å²) in [6.45, 7) is 1.46. The van der Waals surface area contributed by atoms with Gasteiger partial charge in [0, 0.05) is 30.6 Å². The molecule has 1 aromatic heterocycles. The molecule has 0 saturated carbocycles. The van der Waals surface area contributed by atoms with Gasteiger partial charge in [-0.1, -0.05) is 11.8 Å². The zero-order valence-corrected chi connectivity index (χ0v) is 13.7. The van der Waals surface area contributed by atoms with Crippen LogP contribution in [0.25, 0.3) is 0 Å². The van der Waals surface area contributed by atoms with E-state index >= 15 is 0 Å². The first-order valence-corrected chi connectivity index (χ1v) is 8.18. The molecule has 3 rings (SSSR count). The number of hydrogen-bond acceptors (Lipinski definition) is 7. The summed E-state index contributed by atoms with van der Waals surface area (Å²) in [5, 5.41) is 9.90. The average Bonchev–Trinajstić information content (AvgIpc) is 2.87. The summed E-state index contributed by atoms with van der Waals surface area (Å²) in [7, 11) is 0. The molecule has 2 aliphatic rings. The SMILES string of the molecule is CC(=O)OCCC1C(=O)N2C(C(=O)O)=C(Sc3ncccn3)CC12. The summed E-state index contributed by atoms with van der Waals surface area (Å²) in [6, 6.07) is 1.47. The third kappa shape index (κ3) is 2.99. The number of aliphatic carboxylic acids is 1. The van der Waals surface area contributed by atoms with Crippen LogP contribution in [0.2, 0.25) is 0 Å². The van der Waals surface area contributed by atoms with Gasteiger partial charge in [0.25, 0.3) is 0 Å². The van der Waals surface area contributed by atoms with Crippen molar-refractivity contribution in [1.82, 2.24) is 14.9 Å². The normalized spacial score (nSPS) is 22.2. The van der Waals surface area contributed by atoms with E-state index in [9.17, 15) is 19.5 Å². The molecule has 9 heteroatoms. The lowest BCUT2D eigenvalue weighted by molar-refractivity contribution is -0.157. The quantitative estimate of drug-likeness (QED) is 0.461. The van der Waals surface area contributed by atoms with Gasteiger partial charge in [0.05, 0.1) is 18.6 Å². The van der Waals surface area contributed by atoms with E-state index in [2.05, 4.69) is 9.97 Å². The summed E-state index contributed by atoms with van der Waals surface area (Å²) in [4.78, 5) is 44.7. The number of carboxylic acids is 1. The van der Waals surface area contributed by atoms with Crippen LogP contribution in [0, 0.1) is 5.92 Å². The van der Waals surface area contributed by atoms with Crippen molar-refractivity contribution in [2.45, 2.75) is 31.0 Å². The van der Waals surface area contributed by atoms with Gasteiger partial charge in [0.1, 0.15) is 5.70 Å². The zero-order chi connectivity index (χ0) is 17.3. The molecule has 2 aliphatic heterocycles. The molecule has 126 valence electrons. The van der Waals surface area contributed by atoms with Gasteiger partial charge in [0.15, 0.2) is 5.16 Å². The first-order chi connectivity index (χ1) is 11.5. The lowest BCUT2D eigenvalue weighted by atomic mass is 9.85. The number of carbonyl (C=O) groups is 3. The minimum absolute atomic E-state index is 0.00573. The summed E-state index contributed by atoms with van der Waals surface area (Å²) < 4.78 is 4.88. The Balaban J connectivity index is 1.73. The lowest BCUT2D eigenvalue weighted by Gasteiger charge is -2.43. The Labute approximate surface area is 141 Å². The van der Waals surface area contributed by atoms with Crippen molar-refractivity contribution in [2.24, 2.45) is 5.92 Å². The summed E-state index contributed by atoms with van der Waals surface area (Å²) in [5.41, 5.74) is 0.00573. The Morgan fingerprint density at radius 3 is 2.75 bits per heavy atom. The van der Waals surface area contributed by atoms with Crippen LogP contribution in [-0.4, -0.2) is 50.5 Å². The molecule has 8 nitrogen and oxygen atoms in total. The van der Waals surface area contributed by atoms with E-state index < -0.39 is 11.9 Å². The maximum atomic E-state index is 12.3. The highest BCUT2D eigenvalue weighted by molar-refractivity contribution is 8.03. The molecule has 0 bridgehead atoms.